The Morgan fingerprint density at radius 2 is 2.10 bits per heavy atom. The number of fused-ring (bicyclic) bond motifs is 1. The van der Waals surface area contributed by atoms with Crippen molar-refractivity contribution >= 4 is 23.2 Å². The second-order valence-corrected chi connectivity index (χ2v) is 4.72. The topological polar surface area (TPSA) is 101 Å². The van der Waals surface area contributed by atoms with E-state index in [1.807, 2.05) is 6.07 Å². The summed E-state index contributed by atoms with van der Waals surface area (Å²) in [5, 5.41) is 10.9. The van der Waals surface area contributed by atoms with Gasteiger partial charge in [-0.15, -0.1) is 0 Å². The fourth-order valence-electron chi connectivity index (χ4n) is 2.27. The van der Waals surface area contributed by atoms with Crippen LogP contribution in [-0.4, -0.2) is 23.4 Å². The van der Waals surface area contributed by atoms with Crippen LogP contribution in [0.5, 0.6) is 0 Å². The molecule has 1 aromatic carbocycles. The van der Waals surface area contributed by atoms with Gasteiger partial charge in [0.1, 0.15) is 0 Å². The van der Waals surface area contributed by atoms with Crippen molar-refractivity contribution in [1.29, 1.82) is 5.41 Å². The van der Waals surface area contributed by atoms with Gasteiger partial charge in [0.05, 0.1) is 12.3 Å². The molecule has 4 N–H and O–H groups in total. The second kappa shape index (κ2) is 5.24. The Balaban J connectivity index is 2.03. The van der Waals surface area contributed by atoms with Gasteiger partial charge in [0.15, 0.2) is 0 Å². The molecule has 106 valence electrons. The number of cyclic esters (lactones) is 1. The monoisotopic (exact) mass is 282 g/mol. The zero-order valence-electron chi connectivity index (χ0n) is 11.2. The number of benzene rings is 1. The molecule has 0 saturated carbocycles. The summed E-state index contributed by atoms with van der Waals surface area (Å²) in [5.41, 5.74) is 9.72. The normalized spacial score (nSPS) is 13.6. The number of nitrogens with one attached hydrogen (secondary N) is 2. The summed E-state index contributed by atoms with van der Waals surface area (Å²) in [6, 6.07) is 7.03. The maximum Gasteiger partial charge on any atom is 0.411 e. The largest absolute Gasteiger partial charge is 0.449 e. The molecule has 0 unspecified atom stereocenters. The minimum atomic E-state index is -0.481. The zero-order chi connectivity index (χ0) is 14.8. The van der Waals surface area contributed by atoms with Crippen molar-refractivity contribution in [2.24, 2.45) is 0 Å². The molecule has 0 spiro atoms. The summed E-state index contributed by atoms with van der Waals surface area (Å²) in [4.78, 5) is 15.3. The van der Waals surface area contributed by atoms with Gasteiger partial charge in [0.25, 0.3) is 0 Å². The van der Waals surface area contributed by atoms with Crippen LogP contribution in [0.4, 0.5) is 16.2 Å². The van der Waals surface area contributed by atoms with Gasteiger partial charge in [0.2, 0.25) is 0 Å². The molecule has 6 heteroatoms. The molecular formula is C15H14N4O2. The van der Waals surface area contributed by atoms with Crippen LogP contribution >= 0.6 is 0 Å². The third kappa shape index (κ3) is 2.55. The summed E-state index contributed by atoms with van der Waals surface area (Å²) in [5.74, 6) is 0. The predicted molar refractivity (Wildman–Crippen MR) is 79.7 cm³/mol. The lowest BCUT2D eigenvalue weighted by Gasteiger charge is -2.12. The van der Waals surface area contributed by atoms with Crippen molar-refractivity contribution < 1.29 is 9.53 Å². The Labute approximate surface area is 121 Å². The van der Waals surface area contributed by atoms with E-state index in [-0.39, 0.29) is 0 Å². The number of nitrogens with two attached hydrogens (primary N) is 1. The van der Waals surface area contributed by atoms with Gasteiger partial charge in [-0.25, -0.2) is 4.79 Å². The predicted octanol–water partition coefficient (Wildman–Crippen LogP) is 2.18. The number of carbonyl (C=O) groups is 1. The molecule has 0 fully saturated rings. The molecule has 2 heterocycles. The smallest absolute Gasteiger partial charge is 0.411 e. The molecule has 1 aliphatic heterocycles. The number of nitrogen functional groups attached to an aromatic ring is 1. The minimum absolute atomic E-state index is 0.310. The Morgan fingerprint density at radius 3 is 2.86 bits per heavy atom. The maximum absolute atomic E-state index is 11.4. The van der Waals surface area contributed by atoms with Crippen LogP contribution in [-0.2, 0) is 11.2 Å². The van der Waals surface area contributed by atoms with E-state index in [2.05, 4.69) is 10.3 Å². The summed E-state index contributed by atoms with van der Waals surface area (Å²) in [7, 11) is 0. The molecule has 21 heavy (non-hydrogen) atoms. The number of ether oxygens (including phenoxy) is 1. The first kappa shape index (κ1) is 13.1. The van der Waals surface area contributed by atoms with E-state index in [9.17, 15) is 4.79 Å². The Hall–Kier alpha value is -2.89. The SMILES string of the molecule is N=C(c1ccncc1)c1cc2c(cc1N)NC(=O)OCC2. The molecule has 0 saturated heterocycles. The van der Waals surface area contributed by atoms with Crippen LogP contribution in [0.3, 0.4) is 0 Å². The number of nitrogens with zero attached hydrogens (tertiary/aromatic N) is 1. The van der Waals surface area contributed by atoms with E-state index in [1.54, 1.807) is 30.6 Å². The van der Waals surface area contributed by atoms with E-state index in [4.69, 9.17) is 15.9 Å². The van der Waals surface area contributed by atoms with Crippen LogP contribution in [0.25, 0.3) is 0 Å². The van der Waals surface area contributed by atoms with Crippen LogP contribution in [0, 0.1) is 5.41 Å². The van der Waals surface area contributed by atoms with E-state index >= 15 is 0 Å². The summed E-state index contributed by atoms with van der Waals surface area (Å²) < 4.78 is 4.96. The van der Waals surface area contributed by atoms with Gasteiger partial charge in [-0.1, -0.05) is 0 Å². The number of amides is 1. The number of aromatic nitrogens is 1. The van der Waals surface area contributed by atoms with Gasteiger partial charge in [-0.3, -0.25) is 15.7 Å². The highest BCUT2D eigenvalue weighted by Gasteiger charge is 2.17. The molecule has 0 aliphatic carbocycles. The minimum Gasteiger partial charge on any atom is -0.449 e. The van der Waals surface area contributed by atoms with E-state index in [1.165, 1.54) is 0 Å². The van der Waals surface area contributed by atoms with Crippen molar-refractivity contribution in [2.75, 3.05) is 17.7 Å². The van der Waals surface area contributed by atoms with Crippen molar-refractivity contribution in [1.82, 2.24) is 4.98 Å². The fourth-order valence-corrected chi connectivity index (χ4v) is 2.27. The highest BCUT2D eigenvalue weighted by Crippen LogP contribution is 2.27. The number of anilines is 2. The van der Waals surface area contributed by atoms with E-state index in [0.29, 0.717) is 35.7 Å². The molecule has 1 amide bonds. The lowest BCUT2D eigenvalue weighted by molar-refractivity contribution is 0.165. The first-order valence-electron chi connectivity index (χ1n) is 6.50. The average molecular weight is 282 g/mol. The molecule has 6 nitrogen and oxygen atoms in total. The van der Waals surface area contributed by atoms with Crippen molar-refractivity contribution in [3.8, 4) is 0 Å². The molecule has 2 aromatic rings. The number of carbonyl (C=O) groups excluding carboxylic acids is 1. The Bertz CT molecular complexity index is 713. The van der Waals surface area contributed by atoms with Crippen LogP contribution in [0.1, 0.15) is 16.7 Å². The van der Waals surface area contributed by atoms with Crippen LogP contribution in [0.15, 0.2) is 36.7 Å². The van der Waals surface area contributed by atoms with E-state index in [0.717, 1.165) is 11.1 Å². The van der Waals surface area contributed by atoms with Crippen LogP contribution in [0.2, 0.25) is 0 Å². The fraction of sp³-hybridized carbons (Fsp3) is 0.133. The quantitative estimate of drug-likeness (QED) is 0.580. The molecule has 0 bridgehead atoms. The van der Waals surface area contributed by atoms with Gasteiger partial charge < -0.3 is 10.5 Å². The molecule has 1 aromatic heterocycles. The molecule has 3 rings (SSSR count). The lowest BCUT2D eigenvalue weighted by Crippen LogP contribution is -2.12. The van der Waals surface area contributed by atoms with Crippen LogP contribution < -0.4 is 11.1 Å². The third-order valence-corrected chi connectivity index (χ3v) is 3.35. The average Bonchev–Trinajstić information content (AvgIpc) is 2.67. The van der Waals surface area contributed by atoms with E-state index < -0.39 is 6.09 Å². The molecule has 0 atom stereocenters. The zero-order valence-corrected chi connectivity index (χ0v) is 11.2. The summed E-state index contributed by atoms with van der Waals surface area (Å²) in [6.45, 7) is 0.310. The third-order valence-electron chi connectivity index (χ3n) is 3.35. The summed E-state index contributed by atoms with van der Waals surface area (Å²) in [6.07, 6.45) is 3.38. The molecule has 0 radical (unpaired) electrons. The number of pyridine rings is 1. The number of rotatable bonds is 2. The van der Waals surface area contributed by atoms with Gasteiger partial charge in [-0.05, 0) is 29.8 Å². The highest BCUT2D eigenvalue weighted by atomic mass is 16.5. The lowest BCUT2D eigenvalue weighted by atomic mass is 9.97. The van der Waals surface area contributed by atoms with Gasteiger partial charge in [-0.2, -0.15) is 0 Å². The molecular weight excluding hydrogens is 268 g/mol. The summed E-state index contributed by atoms with van der Waals surface area (Å²) >= 11 is 0. The number of hydrogen-bond donors (Lipinski definition) is 3. The maximum atomic E-state index is 11.4. The second-order valence-electron chi connectivity index (χ2n) is 4.72. The van der Waals surface area contributed by atoms with Crippen molar-refractivity contribution in [3.05, 3.63) is 53.3 Å². The van der Waals surface area contributed by atoms with Gasteiger partial charge in [0, 0.05) is 41.3 Å². The van der Waals surface area contributed by atoms with Crippen molar-refractivity contribution in [3.63, 3.8) is 0 Å². The number of hydrogen-bond acceptors (Lipinski definition) is 5. The van der Waals surface area contributed by atoms with Gasteiger partial charge >= 0.3 is 6.09 Å². The first-order chi connectivity index (χ1) is 10.1. The highest BCUT2D eigenvalue weighted by molar-refractivity contribution is 6.14. The standard InChI is InChI=1S/C15H14N4O2/c16-12-8-13-10(3-6-21-15(20)19-13)7-11(12)14(17)9-1-4-18-5-2-9/h1-2,4-5,7-8,17H,3,6,16H2,(H,19,20). The first-order valence-corrected chi connectivity index (χ1v) is 6.50. The Morgan fingerprint density at radius 1 is 1.33 bits per heavy atom. The van der Waals surface area contributed by atoms with Crippen molar-refractivity contribution in [2.45, 2.75) is 6.42 Å². The Kier molecular flexibility index (Phi) is 3.27. The molecule has 1 aliphatic rings.